The summed E-state index contributed by atoms with van der Waals surface area (Å²) in [6, 6.07) is 0. The van der Waals surface area contributed by atoms with Crippen molar-refractivity contribution in [2.24, 2.45) is 0 Å². The largest absolute Gasteiger partial charge is 0.390 e. The molecule has 0 radical (unpaired) electrons. The molecule has 3 N–H and O–H groups in total. The van der Waals surface area contributed by atoms with Crippen molar-refractivity contribution in [1.29, 1.82) is 0 Å². The molecule has 0 spiro atoms. The van der Waals surface area contributed by atoms with Crippen molar-refractivity contribution in [2.45, 2.75) is 30.2 Å². The number of nitrogens with zero attached hydrogens (tertiary/aromatic N) is 2. The van der Waals surface area contributed by atoms with E-state index < -0.39 is 5.60 Å². The van der Waals surface area contributed by atoms with Gasteiger partial charge >= 0.3 is 0 Å². The van der Waals surface area contributed by atoms with Crippen LogP contribution >= 0.6 is 23.1 Å². The Balaban J connectivity index is 2.28. The van der Waals surface area contributed by atoms with Crippen LogP contribution in [0.25, 0.3) is 0 Å². The number of hydrogen-bond acceptors (Lipinski definition) is 6. The van der Waals surface area contributed by atoms with Gasteiger partial charge in [-0.1, -0.05) is 23.1 Å². The number of rotatable bonds is 4. The van der Waals surface area contributed by atoms with Gasteiger partial charge in [-0.2, -0.15) is 0 Å². The zero-order valence-corrected chi connectivity index (χ0v) is 9.28. The number of aliphatic hydroxyl groups is 1. The normalized spacial score (nSPS) is 11.9. The van der Waals surface area contributed by atoms with Gasteiger partial charge in [0.1, 0.15) is 0 Å². The van der Waals surface area contributed by atoms with Gasteiger partial charge in [-0.15, -0.1) is 10.2 Å². The highest BCUT2D eigenvalue weighted by Gasteiger charge is 2.12. The van der Waals surface area contributed by atoms with Crippen LogP contribution in [0, 0.1) is 0 Å². The molecule has 0 unspecified atom stereocenters. The Labute approximate surface area is 85.6 Å². The molecule has 0 bridgehead atoms. The summed E-state index contributed by atoms with van der Waals surface area (Å²) in [4.78, 5) is 0. The first-order valence-corrected chi connectivity index (χ1v) is 5.72. The van der Waals surface area contributed by atoms with Gasteiger partial charge in [0.15, 0.2) is 4.34 Å². The molecule has 0 aliphatic rings. The van der Waals surface area contributed by atoms with Crippen LogP contribution in [0.1, 0.15) is 20.3 Å². The number of thioether (sulfide) groups is 1. The molecular weight excluding hydrogens is 206 g/mol. The zero-order chi connectivity index (χ0) is 9.90. The Morgan fingerprint density at radius 1 is 1.54 bits per heavy atom. The van der Waals surface area contributed by atoms with Crippen LogP contribution in [0.2, 0.25) is 0 Å². The molecule has 0 amide bonds. The van der Waals surface area contributed by atoms with Crippen LogP contribution in [-0.2, 0) is 0 Å². The molecule has 0 saturated heterocycles. The highest BCUT2D eigenvalue weighted by molar-refractivity contribution is 8.01. The first-order chi connectivity index (χ1) is 5.97. The molecule has 0 aliphatic heterocycles. The van der Waals surface area contributed by atoms with E-state index in [0.717, 1.165) is 16.5 Å². The molecule has 1 heterocycles. The molecule has 74 valence electrons. The number of nitrogen functional groups attached to an aromatic ring is 1. The predicted octanol–water partition coefficient (Wildman–Crippen LogP) is 1.37. The Morgan fingerprint density at radius 2 is 2.23 bits per heavy atom. The summed E-state index contributed by atoms with van der Waals surface area (Å²) in [5.41, 5.74) is 4.81. The number of aromatic nitrogens is 2. The minimum absolute atomic E-state index is 0.491. The molecule has 0 aromatic carbocycles. The molecule has 0 aliphatic carbocycles. The number of hydrogen-bond donors (Lipinski definition) is 2. The lowest BCUT2D eigenvalue weighted by Crippen LogP contribution is -2.18. The molecule has 6 heteroatoms. The first kappa shape index (κ1) is 10.7. The summed E-state index contributed by atoms with van der Waals surface area (Å²) in [5.74, 6) is 0.831. The highest BCUT2D eigenvalue weighted by atomic mass is 32.2. The highest BCUT2D eigenvalue weighted by Crippen LogP contribution is 2.25. The van der Waals surface area contributed by atoms with Crippen molar-refractivity contribution in [1.82, 2.24) is 10.2 Å². The van der Waals surface area contributed by atoms with Gasteiger partial charge in [-0.05, 0) is 20.3 Å². The van der Waals surface area contributed by atoms with Crippen LogP contribution in [-0.4, -0.2) is 26.7 Å². The SMILES string of the molecule is CC(C)(O)CCSc1nnc(N)s1. The average Bonchev–Trinajstić information content (AvgIpc) is 2.33. The average molecular weight is 219 g/mol. The Bertz CT molecular complexity index is 269. The van der Waals surface area contributed by atoms with Gasteiger partial charge in [0.05, 0.1) is 5.60 Å². The fourth-order valence-electron chi connectivity index (χ4n) is 0.667. The van der Waals surface area contributed by atoms with Crippen molar-refractivity contribution in [2.75, 3.05) is 11.5 Å². The van der Waals surface area contributed by atoms with Crippen molar-refractivity contribution in [3.8, 4) is 0 Å². The molecule has 0 saturated carbocycles. The van der Waals surface area contributed by atoms with E-state index in [2.05, 4.69) is 10.2 Å². The van der Waals surface area contributed by atoms with E-state index in [0.29, 0.717) is 5.13 Å². The lowest BCUT2D eigenvalue weighted by Gasteiger charge is -2.15. The molecule has 1 rings (SSSR count). The zero-order valence-electron chi connectivity index (χ0n) is 7.65. The second-order valence-electron chi connectivity index (χ2n) is 3.32. The molecule has 0 atom stereocenters. The van der Waals surface area contributed by atoms with Crippen molar-refractivity contribution in [3.63, 3.8) is 0 Å². The molecule has 1 aromatic rings. The summed E-state index contributed by atoms with van der Waals surface area (Å²) in [7, 11) is 0. The van der Waals surface area contributed by atoms with Crippen LogP contribution < -0.4 is 5.73 Å². The quantitative estimate of drug-likeness (QED) is 0.748. The fourth-order valence-corrected chi connectivity index (χ4v) is 2.63. The minimum atomic E-state index is -0.608. The Morgan fingerprint density at radius 3 is 2.69 bits per heavy atom. The van der Waals surface area contributed by atoms with E-state index in [1.165, 1.54) is 11.3 Å². The maximum absolute atomic E-state index is 9.43. The Kier molecular flexibility index (Phi) is 3.52. The summed E-state index contributed by atoms with van der Waals surface area (Å²) in [5, 5.41) is 17.5. The minimum Gasteiger partial charge on any atom is -0.390 e. The van der Waals surface area contributed by atoms with Gasteiger partial charge in [-0.25, -0.2) is 0 Å². The van der Waals surface area contributed by atoms with E-state index in [9.17, 15) is 5.11 Å². The maximum atomic E-state index is 9.43. The third kappa shape index (κ3) is 4.44. The third-order valence-electron chi connectivity index (χ3n) is 1.36. The van der Waals surface area contributed by atoms with Crippen molar-refractivity contribution < 1.29 is 5.11 Å². The molecule has 1 aromatic heterocycles. The van der Waals surface area contributed by atoms with E-state index in [1.807, 2.05) is 0 Å². The van der Waals surface area contributed by atoms with E-state index >= 15 is 0 Å². The second kappa shape index (κ2) is 4.26. The molecule has 4 nitrogen and oxygen atoms in total. The van der Waals surface area contributed by atoms with Crippen LogP contribution in [0.15, 0.2) is 4.34 Å². The standard InChI is InChI=1S/C7H13N3OS2/c1-7(2,11)3-4-12-6-10-9-5(8)13-6/h11H,3-4H2,1-2H3,(H2,8,9). The number of nitrogens with two attached hydrogens (primary N) is 1. The molecule has 0 fully saturated rings. The summed E-state index contributed by atoms with van der Waals surface area (Å²) in [6.45, 7) is 3.59. The predicted molar refractivity (Wildman–Crippen MR) is 56.0 cm³/mol. The monoisotopic (exact) mass is 219 g/mol. The lowest BCUT2D eigenvalue weighted by atomic mass is 10.1. The van der Waals surface area contributed by atoms with Crippen LogP contribution in [0.4, 0.5) is 5.13 Å². The molecule has 13 heavy (non-hydrogen) atoms. The lowest BCUT2D eigenvalue weighted by molar-refractivity contribution is 0.0777. The van der Waals surface area contributed by atoms with Gasteiger partial charge in [-0.3, -0.25) is 0 Å². The molecular formula is C7H13N3OS2. The van der Waals surface area contributed by atoms with E-state index in [-0.39, 0.29) is 0 Å². The topological polar surface area (TPSA) is 72.0 Å². The van der Waals surface area contributed by atoms with E-state index in [4.69, 9.17) is 5.73 Å². The van der Waals surface area contributed by atoms with Gasteiger partial charge in [0.2, 0.25) is 5.13 Å². The first-order valence-electron chi connectivity index (χ1n) is 3.91. The summed E-state index contributed by atoms with van der Waals surface area (Å²) >= 11 is 2.95. The van der Waals surface area contributed by atoms with Gasteiger partial charge in [0, 0.05) is 5.75 Å². The maximum Gasteiger partial charge on any atom is 0.203 e. The van der Waals surface area contributed by atoms with Gasteiger partial charge in [0.25, 0.3) is 0 Å². The van der Waals surface area contributed by atoms with E-state index in [1.54, 1.807) is 25.6 Å². The number of anilines is 1. The van der Waals surface area contributed by atoms with Gasteiger partial charge < -0.3 is 10.8 Å². The fraction of sp³-hybridized carbons (Fsp3) is 0.714. The van der Waals surface area contributed by atoms with Crippen molar-refractivity contribution >= 4 is 28.2 Å². The smallest absolute Gasteiger partial charge is 0.203 e. The Hall–Kier alpha value is -0.330. The summed E-state index contributed by atoms with van der Waals surface area (Å²) < 4.78 is 0.863. The van der Waals surface area contributed by atoms with Crippen LogP contribution in [0.3, 0.4) is 0 Å². The van der Waals surface area contributed by atoms with Crippen LogP contribution in [0.5, 0.6) is 0 Å². The third-order valence-corrected chi connectivity index (χ3v) is 3.25. The van der Waals surface area contributed by atoms with Crippen molar-refractivity contribution in [3.05, 3.63) is 0 Å². The second-order valence-corrected chi connectivity index (χ2v) is 5.67. The summed E-state index contributed by atoms with van der Waals surface area (Å²) in [6.07, 6.45) is 0.733.